The van der Waals surface area contributed by atoms with Crippen LogP contribution in [0.5, 0.6) is 0 Å². The van der Waals surface area contributed by atoms with Crippen LogP contribution in [0.2, 0.25) is 0 Å². The van der Waals surface area contributed by atoms with Gasteiger partial charge in [0, 0.05) is 0 Å². The smallest absolute Gasteiger partial charge is 0.166 e. The lowest BCUT2D eigenvalue weighted by molar-refractivity contribution is -0.124. The van der Waals surface area contributed by atoms with Gasteiger partial charge in [-0.15, -0.1) is 37.2 Å². The molecule has 11 heavy (non-hydrogen) atoms. The van der Waals surface area contributed by atoms with Crippen molar-refractivity contribution in [3.63, 3.8) is 0 Å². The molecule has 0 aromatic heterocycles. The third kappa shape index (κ3) is 9.44. The quantitative estimate of drug-likeness (QED) is 0.588. The van der Waals surface area contributed by atoms with Crippen molar-refractivity contribution < 1.29 is 13.2 Å². The molecule has 0 N–H and O–H groups in total. The van der Waals surface area contributed by atoms with Crippen LogP contribution in [0.3, 0.4) is 0 Å². The zero-order valence-corrected chi connectivity index (χ0v) is 9.21. The molecule has 0 unspecified atom stereocenters. The largest absolute Gasteiger partial charge is 0.435 e. The van der Waals surface area contributed by atoms with Crippen LogP contribution in [0.25, 0.3) is 0 Å². The molecule has 0 aromatic rings. The first kappa shape index (κ1) is 22.9. The summed E-state index contributed by atoms with van der Waals surface area (Å²) in [6.07, 6.45) is -4.77. The molecule has 0 atom stereocenters. The molecule has 0 radical (unpaired) electrons. The second-order valence-electron chi connectivity index (χ2n) is 0.996. The van der Waals surface area contributed by atoms with Gasteiger partial charge in [0.15, 0.2) is 0 Å². The Kier molecular flexibility index (Phi) is 14.5. The average molecular weight is 297 g/mol. The second kappa shape index (κ2) is 6.98. The Morgan fingerprint density at radius 3 is 0.818 bits per heavy atom. The Labute approximate surface area is 95.0 Å². The van der Waals surface area contributed by atoms with E-state index in [1.54, 1.807) is 0 Å². The predicted octanol–water partition coefficient (Wildman–Crippen LogP) is 4.18. The van der Waals surface area contributed by atoms with E-state index in [4.69, 9.17) is 0 Å². The van der Waals surface area contributed by atoms with Gasteiger partial charge in [0.25, 0.3) is 3.79 Å². The van der Waals surface area contributed by atoms with E-state index in [1.807, 2.05) is 0 Å². The van der Waals surface area contributed by atoms with Crippen molar-refractivity contribution in [1.82, 2.24) is 0 Å². The maximum atomic E-state index is 11.2. The van der Waals surface area contributed by atoms with E-state index in [-0.39, 0.29) is 37.2 Å². The molecule has 0 saturated heterocycles. The van der Waals surface area contributed by atoms with Crippen molar-refractivity contribution in [3.05, 3.63) is 0 Å². The topological polar surface area (TPSA) is 0 Å². The molecule has 0 heterocycles. The molecular formula is C2H3Cl6F3. The zero-order valence-electron chi connectivity index (χ0n) is 4.49. The van der Waals surface area contributed by atoms with Crippen molar-refractivity contribution in [1.29, 1.82) is 0 Å². The summed E-state index contributed by atoms with van der Waals surface area (Å²) in [6.45, 7) is 0. The minimum atomic E-state index is -4.77. The highest BCUT2D eigenvalue weighted by atomic mass is 35.6. The van der Waals surface area contributed by atoms with Crippen molar-refractivity contribution in [2.75, 3.05) is 0 Å². The van der Waals surface area contributed by atoms with Crippen LogP contribution in [0.1, 0.15) is 0 Å². The molecule has 0 aliphatic rings. The normalized spacial score (nSPS) is 10.4. The molecule has 0 rings (SSSR count). The van der Waals surface area contributed by atoms with Crippen molar-refractivity contribution in [2.24, 2.45) is 0 Å². The highest BCUT2D eigenvalue weighted by molar-refractivity contribution is 6.68. The standard InChI is InChI=1S/C2Cl3F3.3ClH/c3-1(4,5)2(6,7)8;;;/h;3*1H. The maximum absolute atomic E-state index is 11.2. The molecule has 0 fully saturated rings. The molecule has 0 amide bonds. The van der Waals surface area contributed by atoms with Gasteiger partial charge in [-0.25, -0.2) is 0 Å². The van der Waals surface area contributed by atoms with Gasteiger partial charge in [-0.05, 0) is 0 Å². The lowest BCUT2D eigenvalue weighted by Gasteiger charge is -2.13. The molecule has 0 aliphatic carbocycles. The SMILES string of the molecule is Cl.Cl.Cl.FC(F)(F)C(Cl)(Cl)Cl. The van der Waals surface area contributed by atoms with Gasteiger partial charge in [0.2, 0.25) is 0 Å². The van der Waals surface area contributed by atoms with Crippen LogP contribution in [0, 0.1) is 0 Å². The van der Waals surface area contributed by atoms with E-state index >= 15 is 0 Å². The van der Waals surface area contributed by atoms with E-state index < -0.39 is 9.97 Å². The first-order valence-corrected chi connectivity index (χ1v) is 2.52. The summed E-state index contributed by atoms with van der Waals surface area (Å²) in [5.74, 6) is 0. The molecule has 0 aliphatic heterocycles. The summed E-state index contributed by atoms with van der Waals surface area (Å²) in [5, 5.41) is 0. The minimum Gasteiger partial charge on any atom is -0.166 e. The third-order valence-corrected chi connectivity index (χ3v) is 0.964. The van der Waals surface area contributed by atoms with Gasteiger partial charge in [0.05, 0.1) is 0 Å². The number of rotatable bonds is 0. The number of halogens is 9. The average Bonchev–Trinajstić information content (AvgIpc) is 1.25. The first-order valence-electron chi connectivity index (χ1n) is 1.38. The van der Waals surface area contributed by atoms with Crippen LogP contribution in [-0.4, -0.2) is 9.97 Å². The van der Waals surface area contributed by atoms with Gasteiger partial charge >= 0.3 is 6.18 Å². The summed E-state index contributed by atoms with van der Waals surface area (Å²) < 4.78 is 30.4. The van der Waals surface area contributed by atoms with E-state index in [2.05, 4.69) is 34.8 Å². The summed E-state index contributed by atoms with van der Waals surface area (Å²) in [7, 11) is 0. The fourth-order valence-corrected chi connectivity index (χ4v) is 0. The first-order chi connectivity index (χ1) is 3.25. The molecular weight excluding hydrogens is 294 g/mol. The number of alkyl halides is 6. The lowest BCUT2D eigenvalue weighted by Crippen LogP contribution is -2.27. The Bertz CT molecular complexity index is 70.8. The van der Waals surface area contributed by atoms with Crippen molar-refractivity contribution in [3.8, 4) is 0 Å². The molecule has 0 nitrogen and oxygen atoms in total. The molecule has 74 valence electrons. The number of hydrogen-bond acceptors (Lipinski definition) is 0. The predicted molar refractivity (Wildman–Crippen MR) is 48.1 cm³/mol. The Hall–Kier alpha value is 1.53. The van der Waals surface area contributed by atoms with Crippen LogP contribution in [0.15, 0.2) is 0 Å². The molecule has 9 heteroatoms. The lowest BCUT2D eigenvalue weighted by atomic mass is 10.8. The molecule has 0 spiro atoms. The van der Waals surface area contributed by atoms with E-state index in [0.717, 1.165) is 0 Å². The fourth-order valence-electron chi connectivity index (χ4n) is 0. The van der Waals surface area contributed by atoms with Gasteiger partial charge in [-0.3, -0.25) is 0 Å². The van der Waals surface area contributed by atoms with E-state index in [9.17, 15) is 13.2 Å². The molecule has 0 saturated carbocycles. The summed E-state index contributed by atoms with van der Waals surface area (Å²) in [6, 6.07) is 0. The van der Waals surface area contributed by atoms with Crippen LogP contribution >= 0.6 is 72.0 Å². The van der Waals surface area contributed by atoms with Crippen LogP contribution < -0.4 is 0 Å². The Morgan fingerprint density at radius 2 is 0.818 bits per heavy atom. The van der Waals surface area contributed by atoms with Crippen molar-refractivity contribution in [2.45, 2.75) is 9.97 Å². The fraction of sp³-hybridized carbons (Fsp3) is 1.00. The molecule has 0 bridgehead atoms. The second-order valence-corrected chi connectivity index (χ2v) is 3.28. The van der Waals surface area contributed by atoms with Gasteiger partial charge in [0.1, 0.15) is 0 Å². The molecule has 0 aromatic carbocycles. The minimum absolute atomic E-state index is 0. The van der Waals surface area contributed by atoms with Gasteiger partial charge in [-0.1, -0.05) is 34.8 Å². The van der Waals surface area contributed by atoms with E-state index in [1.165, 1.54) is 0 Å². The maximum Gasteiger partial charge on any atom is 0.435 e. The summed E-state index contributed by atoms with van der Waals surface area (Å²) >= 11 is 13.2. The van der Waals surface area contributed by atoms with Gasteiger partial charge < -0.3 is 0 Å². The van der Waals surface area contributed by atoms with E-state index in [0.29, 0.717) is 0 Å². The third-order valence-electron chi connectivity index (χ3n) is 0.321. The van der Waals surface area contributed by atoms with Crippen LogP contribution in [0.4, 0.5) is 13.2 Å². The highest BCUT2D eigenvalue weighted by Crippen LogP contribution is 2.42. The summed E-state index contributed by atoms with van der Waals surface area (Å²) in [5.41, 5.74) is 0. The Morgan fingerprint density at radius 1 is 0.727 bits per heavy atom. The highest BCUT2D eigenvalue weighted by Gasteiger charge is 2.51. The number of hydrogen-bond donors (Lipinski definition) is 0. The monoisotopic (exact) mass is 294 g/mol. The van der Waals surface area contributed by atoms with Crippen molar-refractivity contribution >= 4 is 72.0 Å². The van der Waals surface area contributed by atoms with Gasteiger partial charge in [-0.2, -0.15) is 13.2 Å². The van der Waals surface area contributed by atoms with Crippen LogP contribution in [-0.2, 0) is 0 Å². The zero-order chi connectivity index (χ0) is 7.00. The summed E-state index contributed by atoms with van der Waals surface area (Å²) in [4.78, 5) is 0. The Balaban J connectivity index is -0.0000000817.